The third-order valence-corrected chi connectivity index (χ3v) is 8.69. The second-order valence-corrected chi connectivity index (χ2v) is 13.8. The highest BCUT2D eigenvalue weighted by Gasteiger charge is 2.31. The monoisotopic (exact) mass is 610 g/mol. The van der Waals surface area contributed by atoms with E-state index in [1.54, 1.807) is 35.9 Å². The summed E-state index contributed by atoms with van der Waals surface area (Å²) >= 11 is 0. The van der Waals surface area contributed by atoms with Crippen molar-refractivity contribution in [3.8, 4) is 5.75 Å². The van der Waals surface area contributed by atoms with Gasteiger partial charge in [-0.3, -0.25) is 9.52 Å². The highest BCUT2D eigenvalue weighted by molar-refractivity contribution is 7.92. The predicted octanol–water partition coefficient (Wildman–Crippen LogP) is 3.83. The van der Waals surface area contributed by atoms with Crippen LogP contribution in [0.4, 0.5) is 10.5 Å². The summed E-state index contributed by atoms with van der Waals surface area (Å²) in [5.74, 6) is -0.211. The molecule has 4 atom stereocenters. The van der Waals surface area contributed by atoms with Crippen LogP contribution in [0.1, 0.15) is 82.5 Å². The van der Waals surface area contributed by atoms with Crippen LogP contribution in [0.25, 0.3) is 0 Å². The number of hydrogen-bond donors (Lipinski definition) is 3. The summed E-state index contributed by atoms with van der Waals surface area (Å²) in [4.78, 5) is 30.3. The Morgan fingerprint density at radius 1 is 1.14 bits per heavy atom. The van der Waals surface area contributed by atoms with Crippen molar-refractivity contribution in [2.75, 3.05) is 44.3 Å². The van der Waals surface area contributed by atoms with Gasteiger partial charge in [-0.05, 0) is 64.2 Å². The van der Waals surface area contributed by atoms with Gasteiger partial charge in [-0.2, -0.15) is 0 Å². The van der Waals surface area contributed by atoms with Crippen LogP contribution in [0.15, 0.2) is 18.2 Å². The second-order valence-electron chi connectivity index (χ2n) is 12.0. The summed E-state index contributed by atoms with van der Waals surface area (Å²) in [5.41, 5.74) is 0.458. The fourth-order valence-corrected chi connectivity index (χ4v) is 6.10. The first-order valence-corrected chi connectivity index (χ1v) is 17.1. The van der Waals surface area contributed by atoms with Gasteiger partial charge in [0.1, 0.15) is 5.75 Å². The zero-order chi connectivity index (χ0) is 30.9. The molecule has 3 rings (SSSR count). The number of rotatable bonds is 7. The highest BCUT2D eigenvalue weighted by Crippen LogP contribution is 2.29. The van der Waals surface area contributed by atoms with Crippen LogP contribution in [0.3, 0.4) is 0 Å². The van der Waals surface area contributed by atoms with E-state index >= 15 is 0 Å². The van der Waals surface area contributed by atoms with Gasteiger partial charge in [0.2, 0.25) is 10.0 Å². The average molecular weight is 611 g/mol. The van der Waals surface area contributed by atoms with E-state index in [0.717, 1.165) is 51.2 Å². The minimum Gasteiger partial charge on any atom is -0.490 e. The molecular weight excluding hydrogens is 560 g/mol. The smallest absolute Gasteiger partial charge is 0.317 e. The van der Waals surface area contributed by atoms with Gasteiger partial charge in [0, 0.05) is 44.4 Å². The average Bonchev–Trinajstić information content (AvgIpc) is 2.94. The summed E-state index contributed by atoms with van der Waals surface area (Å²) < 4.78 is 38.8. The molecule has 1 aliphatic carbocycles. The third kappa shape index (κ3) is 10.3. The molecule has 0 aromatic heterocycles. The first kappa shape index (κ1) is 33.9. The van der Waals surface area contributed by atoms with Crippen LogP contribution >= 0.6 is 0 Å². The molecule has 0 radical (unpaired) electrons. The number of fused-ring (bicyclic) bond motifs is 1. The van der Waals surface area contributed by atoms with E-state index in [1.807, 2.05) is 13.8 Å². The number of aliphatic hydroxyl groups is 1. The number of nitrogens with one attached hydrogen (secondary N) is 2. The van der Waals surface area contributed by atoms with E-state index in [2.05, 4.69) is 10.0 Å². The van der Waals surface area contributed by atoms with Crippen LogP contribution in [-0.4, -0.2) is 99.2 Å². The van der Waals surface area contributed by atoms with Gasteiger partial charge in [-0.1, -0.05) is 26.2 Å². The van der Waals surface area contributed by atoms with E-state index in [1.165, 1.54) is 12.5 Å². The van der Waals surface area contributed by atoms with Gasteiger partial charge in [-0.15, -0.1) is 0 Å². The van der Waals surface area contributed by atoms with Gasteiger partial charge in [-0.25, -0.2) is 13.2 Å². The molecule has 1 fully saturated rings. The summed E-state index contributed by atoms with van der Waals surface area (Å²) in [5, 5.41) is 13.2. The molecule has 238 valence electrons. The molecule has 1 aromatic rings. The molecule has 0 unspecified atom stereocenters. The molecule has 42 heavy (non-hydrogen) atoms. The van der Waals surface area contributed by atoms with Gasteiger partial charge in [0.15, 0.2) is 0 Å². The number of carbonyl (C=O) groups is 2. The first-order valence-electron chi connectivity index (χ1n) is 15.2. The van der Waals surface area contributed by atoms with Crippen LogP contribution in [0, 0.1) is 5.92 Å². The number of benzene rings is 1. The van der Waals surface area contributed by atoms with Gasteiger partial charge in [0.25, 0.3) is 5.91 Å². The number of anilines is 1. The number of nitrogens with zero attached hydrogens (tertiary/aromatic N) is 2. The number of ether oxygens (including phenoxy) is 2. The fraction of sp³-hybridized carbons (Fsp3) is 0.733. The fourth-order valence-electron chi connectivity index (χ4n) is 5.55. The Labute approximate surface area is 251 Å². The number of aliphatic hydroxyl groups excluding tert-OH is 1. The molecule has 0 bridgehead atoms. The molecule has 11 nitrogen and oxygen atoms in total. The van der Waals surface area contributed by atoms with Crippen molar-refractivity contribution in [3.63, 3.8) is 0 Å². The summed E-state index contributed by atoms with van der Waals surface area (Å²) in [7, 11) is -1.80. The van der Waals surface area contributed by atoms with E-state index in [9.17, 15) is 23.1 Å². The number of hydrogen-bond acceptors (Lipinski definition) is 7. The van der Waals surface area contributed by atoms with E-state index < -0.39 is 16.1 Å². The Balaban J connectivity index is 1.88. The van der Waals surface area contributed by atoms with Crippen molar-refractivity contribution in [1.29, 1.82) is 0 Å². The van der Waals surface area contributed by atoms with Crippen molar-refractivity contribution in [3.05, 3.63) is 23.8 Å². The maximum absolute atomic E-state index is 14.1. The normalized spacial score (nSPS) is 24.1. The number of likely N-dealkylation sites (N-methyl/N-ethyl adjacent to an activating group) is 1. The lowest BCUT2D eigenvalue weighted by molar-refractivity contribution is -0.0123. The van der Waals surface area contributed by atoms with Crippen LogP contribution < -0.4 is 14.8 Å². The van der Waals surface area contributed by atoms with E-state index in [4.69, 9.17) is 9.47 Å². The Morgan fingerprint density at radius 3 is 2.50 bits per heavy atom. The highest BCUT2D eigenvalue weighted by atomic mass is 32.2. The zero-order valence-corrected chi connectivity index (χ0v) is 26.6. The molecule has 1 aromatic carbocycles. The van der Waals surface area contributed by atoms with Gasteiger partial charge < -0.3 is 29.7 Å². The minimum atomic E-state index is -3.57. The van der Waals surface area contributed by atoms with Crippen molar-refractivity contribution >= 4 is 27.6 Å². The van der Waals surface area contributed by atoms with Crippen LogP contribution in [0.2, 0.25) is 0 Å². The summed E-state index contributed by atoms with van der Waals surface area (Å²) in [6, 6.07) is 4.21. The molecule has 3 N–H and O–H groups in total. The molecule has 1 aliphatic heterocycles. The Kier molecular flexibility index (Phi) is 12.7. The minimum absolute atomic E-state index is 0.125. The van der Waals surface area contributed by atoms with Crippen molar-refractivity contribution < 1.29 is 32.6 Å². The largest absolute Gasteiger partial charge is 0.490 e. The van der Waals surface area contributed by atoms with Gasteiger partial charge in [0.05, 0.1) is 36.7 Å². The number of urea groups is 1. The van der Waals surface area contributed by atoms with E-state index in [-0.39, 0.29) is 60.5 Å². The molecular formula is C30H50N4O7S. The summed E-state index contributed by atoms with van der Waals surface area (Å²) in [6.07, 6.45) is 8.38. The zero-order valence-electron chi connectivity index (χ0n) is 25.8. The number of amides is 3. The second kappa shape index (κ2) is 15.8. The maximum atomic E-state index is 14.1. The molecule has 1 heterocycles. The number of carbonyl (C=O) groups excluding carboxylic acids is 2. The SMILES string of the molecule is C[C@@H]1CN([C@@H](C)CO)C(=O)c2cc(NS(C)(=O)=O)ccc2O[C@@H](C)CCCCO[C@H]1CN(C)C(=O)NC1CCCCC1. The molecule has 0 spiro atoms. The molecule has 0 saturated heterocycles. The van der Waals surface area contributed by atoms with Gasteiger partial charge >= 0.3 is 6.03 Å². The van der Waals surface area contributed by atoms with Crippen molar-refractivity contribution in [2.45, 2.75) is 96.4 Å². The van der Waals surface area contributed by atoms with E-state index in [0.29, 0.717) is 18.9 Å². The quantitative estimate of drug-likeness (QED) is 0.427. The lowest BCUT2D eigenvalue weighted by Crippen LogP contribution is -2.50. The summed E-state index contributed by atoms with van der Waals surface area (Å²) in [6.45, 7) is 6.53. The van der Waals surface area contributed by atoms with Crippen LogP contribution in [0.5, 0.6) is 5.75 Å². The Morgan fingerprint density at radius 2 is 1.83 bits per heavy atom. The molecule has 1 saturated carbocycles. The number of sulfonamides is 1. The first-order chi connectivity index (χ1) is 19.9. The Bertz CT molecular complexity index is 1140. The third-order valence-electron chi connectivity index (χ3n) is 8.09. The lowest BCUT2D eigenvalue weighted by atomic mass is 9.96. The lowest BCUT2D eigenvalue weighted by Gasteiger charge is -2.36. The van der Waals surface area contributed by atoms with Crippen molar-refractivity contribution in [2.24, 2.45) is 5.92 Å². The topological polar surface area (TPSA) is 138 Å². The Hall–Kier alpha value is -2.57. The molecule has 3 amide bonds. The molecule has 12 heteroatoms. The van der Waals surface area contributed by atoms with Crippen molar-refractivity contribution in [1.82, 2.24) is 15.1 Å². The standard InChI is InChI=1S/C30H50N4O7S/c1-21-18-34(22(2)20-35)29(36)26-17-25(32-42(5,38)39)14-15-27(26)41-23(3)11-9-10-16-40-28(21)19-33(4)30(37)31-24-12-7-6-8-13-24/h14-15,17,21-24,28,32,35H,6-13,16,18-20H2,1-5H3,(H,31,37)/t21-,22+,23+,28+/m1/s1. The predicted molar refractivity (Wildman–Crippen MR) is 163 cm³/mol. The maximum Gasteiger partial charge on any atom is 0.317 e. The molecule has 2 aliphatic rings. The van der Waals surface area contributed by atoms with Crippen LogP contribution in [-0.2, 0) is 14.8 Å².